The molecule has 144 valence electrons. The summed E-state index contributed by atoms with van der Waals surface area (Å²) in [5.41, 5.74) is 3.55. The molecule has 5 N–H and O–H groups in total. The van der Waals surface area contributed by atoms with Crippen molar-refractivity contribution in [1.82, 2.24) is 20.2 Å². The van der Waals surface area contributed by atoms with Crippen LogP contribution in [0.4, 0.5) is 23.1 Å². The minimum atomic E-state index is -1.00. The molecule has 0 spiro atoms. The standard InChI is InChI=1S/C20H17N7OS/c1-29(28)15-6-4-13(5-7-15)24-20-25-18-16(8-9-21-18)19(26-20)23-14-3-2-12-11-22-27-17(12)10-14/h2-11H,1H3,(H,22,27)(H3,21,23,24,25,26)/p+1. The lowest BCUT2D eigenvalue weighted by Crippen LogP contribution is -2.15. The first-order chi connectivity index (χ1) is 14.2. The van der Waals surface area contributed by atoms with Crippen LogP contribution in [-0.4, -0.2) is 30.6 Å². The fraction of sp³-hybridized carbons (Fsp3) is 0.0500. The fourth-order valence-electron chi connectivity index (χ4n) is 3.16. The monoisotopic (exact) mass is 404 g/mol. The van der Waals surface area contributed by atoms with Gasteiger partial charge in [-0.05, 0) is 48.5 Å². The zero-order valence-corrected chi connectivity index (χ0v) is 16.3. The molecule has 8 nitrogen and oxygen atoms in total. The second-order valence-corrected chi connectivity index (χ2v) is 7.98. The third kappa shape index (κ3) is 3.43. The van der Waals surface area contributed by atoms with E-state index in [-0.39, 0.29) is 0 Å². The highest BCUT2D eigenvalue weighted by Crippen LogP contribution is 2.25. The van der Waals surface area contributed by atoms with Crippen molar-refractivity contribution in [3.05, 3.63) is 60.9 Å². The number of rotatable bonds is 5. The lowest BCUT2D eigenvalue weighted by atomic mass is 10.2. The molecule has 1 unspecified atom stereocenters. The predicted molar refractivity (Wildman–Crippen MR) is 114 cm³/mol. The number of aromatic amines is 3. The Kier molecular flexibility index (Phi) is 4.21. The van der Waals surface area contributed by atoms with Gasteiger partial charge in [0.1, 0.15) is 0 Å². The van der Waals surface area contributed by atoms with E-state index in [9.17, 15) is 4.21 Å². The number of anilines is 4. The molecule has 2 aromatic carbocycles. The molecule has 9 heteroatoms. The average molecular weight is 404 g/mol. The molecule has 0 saturated carbocycles. The second-order valence-electron chi connectivity index (χ2n) is 6.60. The Morgan fingerprint density at radius 3 is 2.69 bits per heavy atom. The van der Waals surface area contributed by atoms with Gasteiger partial charge >= 0.3 is 5.95 Å². The summed E-state index contributed by atoms with van der Waals surface area (Å²) in [6.07, 6.45) is 5.32. The summed E-state index contributed by atoms with van der Waals surface area (Å²) < 4.78 is 11.6. The van der Waals surface area contributed by atoms with Crippen LogP contribution in [0.5, 0.6) is 0 Å². The first kappa shape index (κ1) is 17.4. The largest absolute Gasteiger partial charge is 0.351 e. The highest BCUT2D eigenvalue weighted by Gasteiger charge is 2.15. The van der Waals surface area contributed by atoms with Gasteiger partial charge in [0.15, 0.2) is 0 Å². The number of benzene rings is 2. The smallest absolute Gasteiger partial charge is 0.329 e. The molecule has 5 rings (SSSR count). The van der Waals surface area contributed by atoms with Crippen LogP contribution in [0.1, 0.15) is 0 Å². The summed E-state index contributed by atoms with van der Waals surface area (Å²) in [5.74, 6) is 1.29. The van der Waals surface area contributed by atoms with E-state index in [0.29, 0.717) is 11.8 Å². The highest BCUT2D eigenvalue weighted by molar-refractivity contribution is 7.84. The van der Waals surface area contributed by atoms with E-state index in [1.54, 1.807) is 12.5 Å². The van der Waals surface area contributed by atoms with Crippen LogP contribution in [0.25, 0.3) is 21.9 Å². The van der Waals surface area contributed by atoms with E-state index < -0.39 is 10.8 Å². The zero-order chi connectivity index (χ0) is 19.8. The third-order valence-corrected chi connectivity index (χ3v) is 5.56. The Morgan fingerprint density at radius 2 is 1.86 bits per heavy atom. The lowest BCUT2D eigenvalue weighted by Gasteiger charge is -2.07. The SMILES string of the molecule is CS(=O)c1ccc(Nc2nc(Nc3ccc4cn[nH]c4c3)c3cc[nH]c3[nH+]2)cc1. The van der Waals surface area contributed by atoms with Gasteiger partial charge in [-0.25, -0.2) is 4.98 Å². The molecular formula is C20H18N7OS+. The summed E-state index contributed by atoms with van der Waals surface area (Å²) in [7, 11) is -1.00. The third-order valence-electron chi connectivity index (χ3n) is 4.62. The van der Waals surface area contributed by atoms with Crippen molar-refractivity contribution in [3.63, 3.8) is 0 Å². The minimum absolute atomic E-state index is 0.579. The summed E-state index contributed by atoms with van der Waals surface area (Å²) >= 11 is 0. The van der Waals surface area contributed by atoms with Crippen LogP contribution < -0.4 is 15.6 Å². The highest BCUT2D eigenvalue weighted by atomic mass is 32.2. The van der Waals surface area contributed by atoms with E-state index in [4.69, 9.17) is 4.98 Å². The number of hydrogen-bond acceptors (Lipinski definition) is 5. The van der Waals surface area contributed by atoms with Crippen LogP contribution in [0.2, 0.25) is 0 Å². The van der Waals surface area contributed by atoms with Crippen molar-refractivity contribution in [3.8, 4) is 0 Å². The molecule has 0 aliphatic carbocycles. The van der Waals surface area contributed by atoms with Crippen molar-refractivity contribution in [2.45, 2.75) is 4.90 Å². The minimum Gasteiger partial charge on any atom is -0.329 e. The predicted octanol–water partition coefficient (Wildman–Crippen LogP) is 3.48. The molecule has 0 saturated heterocycles. The van der Waals surface area contributed by atoms with E-state index in [1.165, 1.54) is 0 Å². The molecule has 3 heterocycles. The normalized spacial score (nSPS) is 12.3. The van der Waals surface area contributed by atoms with Crippen LogP contribution in [0.15, 0.2) is 65.8 Å². The van der Waals surface area contributed by atoms with Gasteiger partial charge in [0, 0.05) is 39.2 Å². The molecule has 3 aromatic heterocycles. The average Bonchev–Trinajstić information content (AvgIpc) is 3.37. The van der Waals surface area contributed by atoms with E-state index in [1.807, 2.05) is 54.7 Å². The molecule has 0 aliphatic rings. The Hall–Kier alpha value is -3.72. The molecule has 0 aliphatic heterocycles. The Bertz CT molecular complexity index is 1340. The molecule has 0 fully saturated rings. The number of fused-ring (bicyclic) bond motifs is 2. The summed E-state index contributed by atoms with van der Waals surface area (Å²) in [4.78, 5) is 11.9. The molecule has 1 atom stereocenters. The van der Waals surface area contributed by atoms with Gasteiger partial charge in [-0.1, -0.05) is 4.98 Å². The molecular weight excluding hydrogens is 386 g/mol. The maximum Gasteiger partial charge on any atom is 0.351 e. The molecule has 0 radical (unpaired) electrons. The van der Waals surface area contributed by atoms with Crippen LogP contribution >= 0.6 is 0 Å². The molecule has 29 heavy (non-hydrogen) atoms. The van der Waals surface area contributed by atoms with Crippen LogP contribution in [0.3, 0.4) is 0 Å². The van der Waals surface area contributed by atoms with E-state index >= 15 is 0 Å². The first-order valence-electron chi connectivity index (χ1n) is 8.97. The molecule has 0 bridgehead atoms. The van der Waals surface area contributed by atoms with Gasteiger partial charge in [-0.15, -0.1) is 0 Å². The number of aromatic nitrogens is 5. The first-order valence-corrected chi connectivity index (χ1v) is 10.5. The van der Waals surface area contributed by atoms with Crippen molar-refractivity contribution in [2.24, 2.45) is 0 Å². The van der Waals surface area contributed by atoms with Crippen molar-refractivity contribution in [2.75, 3.05) is 16.9 Å². The maximum atomic E-state index is 11.6. The maximum absolute atomic E-state index is 11.6. The Morgan fingerprint density at radius 1 is 1.03 bits per heavy atom. The summed E-state index contributed by atoms with van der Waals surface area (Å²) in [5, 5.41) is 15.7. The fourth-order valence-corrected chi connectivity index (χ4v) is 3.68. The molecule has 0 amide bonds. The summed E-state index contributed by atoms with van der Waals surface area (Å²) in [6.45, 7) is 0. The van der Waals surface area contributed by atoms with Gasteiger partial charge in [0.2, 0.25) is 11.5 Å². The van der Waals surface area contributed by atoms with Crippen molar-refractivity contribution < 1.29 is 9.19 Å². The van der Waals surface area contributed by atoms with Crippen LogP contribution in [0, 0.1) is 0 Å². The zero-order valence-electron chi connectivity index (χ0n) is 15.5. The Balaban J connectivity index is 1.48. The van der Waals surface area contributed by atoms with Gasteiger partial charge in [0.05, 0.1) is 22.8 Å². The topological polar surface area (TPSA) is 113 Å². The number of nitrogens with zero attached hydrogens (tertiary/aromatic N) is 2. The van der Waals surface area contributed by atoms with Crippen molar-refractivity contribution >= 4 is 55.9 Å². The number of H-pyrrole nitrogens is 3. The van der Waals surface area contributed by atoms with Gasteiger partial charge < -0.3 is 5.32 Å². The second kappa shape index (κ2) is 7.02. The Labute approximate surface area is 168 Å². The lowest BCUT2D eigenvalue weighted by molar-refractivity contribution is -0.333. The number of hydrogen-bond donors (Lipinski definition) is 4. The van der Waals surface area contributed by atoms with E-state index in [2.05, 4.69) is 30.8 Å². The quantitative estimate of drug-likeness (QED) is 0.358. The molecule has 5 aromatic rings. The van der Waals surface area contributed by atoms with Crippen molar-refractivity contribution in [1.29, 1.82) is 0 Å². The van der Waals surface area contributed by atoms with Gasteiger partial charge in [0.25, 0.3) is 0 Å². The van der Waals surface area contributed by atoms with Crippen LogP contribution in [-0.2, 0) is 10.8 Å². The summed E-state index contributed by atoms with van der Waals surface area (Å²) in [6, 6.07) is 15.4. The van der Waals surface area contributed by atoms with Gasteiger partial charge in [-0.2, -0.15) is 5.10 Å². The number of nitrogens with one attached hydrogen (secondary N) is 5. The van der Waals surface area contributed by atoms with E-state index in [0.717, 1.165) is 38.2 Å². The van der Waals surface area contributed by atoms with Gasteiger partial charge in [-0.3, -0.25) is 19.6 Å².